The van der Waals surface area contributed by atoms with Gasteiger partial charge in [-0.15, -0.1) is 0 Å². The molecule has 24 heavy (non-hydrogen) atoms. The van der Waals surface area contributed by atoms with Gasteiger partial charge in [-0.05, 0) is 64.6 Å². The molecule has 0 aromatic heterocycles. The van der Waals surface area contributed by atoms with E-state index < -0.39 is 5.97 Å². The van der Waals surface area contributed by atoms with E-state index >= 15 is 0 Å². The second kappa shape index (κ2) is 6.10. The van der Waals surface area contributed by atoms with Crippen LogP contribution in [0.1, 0.15) is 11.1 Å². The third kappa shape index (κ3) is 2.87. The lowest BCUT2D eigenvalue weighted by atomic mass is 10.1. The van der Waals surface area contributed by atoms with E-state index in [2.05, 4.69) is 27.6 Å². The van der Waals surface area contributed by atoms with Crippen LogP contribution in [0.25, 0.3) is 6.08 Å². The monoisotopic (exact) mass is 453 g/mol. The molecular formula is C17H9ClINO4. The molecule has 2 heterocycles. The van der Waals surface area contributed by atoms with Crippen LogP contribution in [0.2, 0.25) is 5.02 Å². The Morgan fingerprint density at radius 1 is 1.12 bits per heavy atom. The van der Waals surface area contributed by atoms with E-state index in [1.165, 1.54) is 0 Å². The van der Waals surface area contributed by atoms with Gasteiger partial charge in [0, 0.05) is 3.57 Å². The van der Waals surface area contributed by atoms with E-state index in [1.807, 2.05) is 18.2 Å². The number of cyclic esters (lactones) is 1. The fraction of sp³-hybridized carbons (Fsp3) is 0.0588. The Labute approximate surface area is 156 Å². The smallest absolute Gasteiger partial charge is 0.363 e. The molecule has 0 amide bonds. The van der Waals surface area contributed by atoms with E-state index in [4.69, 9.17) is 25.8 Å². The van der Waals surface area contributed by atoms with Crippen molar-refractivity contribution in [2.45, 2.75) is 0 Å². The summed E-state index contributed by atoms with van der Waals surface area (Å²) >= 11 is 8.33. The topological polar surface area (TPSA) is 57.1 Å². The fourth-order valence-electron chi connectivity index (χ4n) is 2.35. The average molecular weight is 454 g/mol. The number of aliphatic imine (C=N–C) groups is 1. The summed E-state index contributed by atoms with van der Waals surface area (Å²) in [5, 5.41) is 0.478. The molecule has 2 aromatic rings. The number of benzene rings is 2. The van der Waals surface area contributed by atoms with Crippen LogP contribution < -0.4 is 9.47 Å². The molecule has 120 valence electrons. The second-order valence-corrected chi connectivity index (χ2v) is 6.73. The summed E-state index contributed by atoms with van der Waals surface area (Å²) in [7, 11) is 0. The van der Waals surface area contributed by atoms with Gasteiger partial charge in [0.15, 0.2) is 17.2 Å². The quantitative estimate of drug-likeness (QED) is 0.392. The molecule has 5 nitrogen and oxygen atoms in total. The van der Waals surface area contributed by atoms with Crippen LogP contribution in [-0.2, 0) is 9.53 Å². The lowest BCUT2D eigenvalue weighted by molar-refractivity contribution is -0.129. The third-order valence-electron chi connectivity index (χ3n) is 3.48. The summed E-state index contributed by atoms with van der Waals surface area (Å²) < 4.78 is 16.8. The van der Waals surface area contributed by atoms with Crippen molar-refractivity contribution in [1.82, 2.24) is 0 Å². The number of nitrogens with zero attached hydrogens (tertiary/aromatic N) is 1. The zero-order chi connectivity index (χ0) is 16.7. The zero-order valence-corrected chi connectivity index (χ0v) is 15.0. The maximum Gasteiger partial charge on any atom is 0.363 e. The van der Waals surface area contributed by atoms with Crippen LogP contribution in [0.5, 0.6) is 11.5 Å². The van der Waals surface area contributed by atoms with Crippen LogP contribution in [0.3, 0.4) is 0 Å². The van der Waals surface area contributed by atoms with Gasteiger partial charge >= 0.3 is 5.97 Å². The molecule has 0 saturated carbocycles. The number of fused-ring (bicyclic) bond motifs is 1. The van der Waals surface area contributed by atoms with Gasteiger partial charge in [0.25, 0.3) is 0 Å². The maximum atomic E-state index is 12.1. The van der Waals surface area contributed by atoms with E-state index in [-0.39, 0.29) is 18.4 Å². The first-order valence-electron chi connectivity index (χ1n) is 6.98. The highest BCUT2D eigenvalue weighted by molar-refractivity contribution is 14.1. The minimum absolute atomic E-state index is 0.199. The number of ether oxygens (including phenoxy) is 3. The van der Waals surface area contributed by atoms with E-state index in [0.29, 0.717) is 22.1 Å². The molecule has 0 saturated heterocycles. The number of carbonyl (C=O) groups excluding carboxylic acids is 1. The Morgan fingerprint density at radius 2 is 1.96 bits per heavy atom. The number of halogens is 2. The molecule has 2 aromatic carbocycles. The van der Waals surface area contributed by atoms with Crippen molar-refractivity contribution in [2.24, 2.45) is 4.99 Å². The normalized spacial score (nSPS) is 17.2. The second-order valence-electron chi connectivity index (χ2n) is 5.07. The molecule has 2 aliphatic heterocycles. The molecule has 0 fully saturated rings. The zero-order valence-electron chi connectivity index (χ0n) is 12.1. The molecule has 0 bridgehead atoms. The Bertz CT molecular complexity index is 923. The van der Waals surface area contributed by atoms with Gasteiger partial charge in [-0.1, -0.05) is 17.7 Å². The first-order valence-corrected chi connectivity index (χ1v) is 8.43. The highest BCUT2D eigenvalue weighted by Gasteiger charge is 2.26. The van der Waals surface area contributed by atoms with Crippen LogP contribution in [0, 0.1) is 3.57 Å². The van der Waals surface area contributed by atoms with E-state index in [0.717, 1.165) is 9.13 Å². The highest BCUT2D eigenvalue weighted by atomic mass is 127. The largest absolute Gasteiger partial charge is 0.454 e. The lowest BCUT2D eigenvalue weighted by Gasteiger charge is -2.02. The summed E-state index contributed by atoms with van der Waals surface area (Å²) in [5.41, 5.74) is 1.56. The molecule has 0 N–H and O–H groups in total. The van der Waals surface area contributed by atoms with Crippen LogP contribution in [0.4, 0.5) is 0 Å². The van der Waals surface area contributed by atoms with Gasteiger partial charge in [-0.25, -0.2) is 9.79 Å². The molecule has 7 heteroatoms. The van der Waals surface area contributed by atoms with Gasteiger partial charge in [-0.2, -0.15) is 0 Å². The summed E-state index contributed by atoms with van der Waals surface area (Å²) in [5.74, 6) is 1.01. The van der Waals surface area contributed by atoms with Crippen molar-refractivity contribution in [1.29, 1.82) is 0 Å². The van der Waals surface area contributed by atoms with Crippen LogP contribution in [-0.4, -0.2) is 18.7 Å². The van der Waals surface area contributed by atoms with Gasteiger partial charge in [0.2, 0.25) is 12.7 Å². The average Bonchev–Trinajstić information content (AvgIpc) is 3.16. The Morgan fingerprint density at radius 3 is 2.83 bits per heavy atom. The summed E-state index contributed by atoms with van der Waals surface area (Å²) in [6, 6.07) is 10.8. The first kappa shape index (κ1) is 15.5. The number of hydrogen-bond donors (Lipinski definition) is 0. The number of carbonyl (C=O) groups is 1. The number of esters is 1. The van der Waals surface area contributed by atoms with Crippen molar-refractivity contribution in [2.75, 3.05) is 6.79 Å². The predicted molar refractivity (Wildman–Crippen MR) is 97.3 cm³/mol. The summed E-state index contributed by atoms with van der Waals surface area (Å²) in [4.78, 5) is 16.4. The van der Waals surface area contributed by atoms with Crippen molar-refractivity contribution >= 4 is 52.1 Å². The van der Waals surface area contributed by atoms with Crippen LogP contribution in [0.15, 0.2) is 47.1 Å². The standard InChI is InChI=1S/C17H9ClINO4/c18-12-3-2-10(19)7-11(12)16-20-13(17(21)24-16)5-9-1-4-14-15(6-9)23-8-22-14/h1-7H,8H2. The number of hydrogen-bond acceptors (Lipinski definition) is 5. The first-order chi connectivity index (χ1) is 11.6. The lowest BCUT2D eigenvalue weighted by Crippen LogP contribution is -2.06. The molecule has 4 rings (SSSR count). The minimum atomic E-state index is -0.516. The Balaban J connectivity index is 1.70. The Hall–Kier alpha value is -2.06. The molecule has 0 aliphatic carbocycles. The summed E-state index contributed by atoms with van der Waals surface area (Å²) in [6.45, 7) is 0.199. The summed E-state index contributed by atoms with van der Waals surface area (Å²) in [6.07, 6.45) is 1.64. The van der Waals surface area contributed by atoms with Gasteiger partial charge in [0.1, 0.15) is 0 Å². The predicted octanol–water partition coefficient (Wildman–Crippen LogP) is 4.02. The van der Waals surface area contributed by atoms with Crippen molar-refractivity contribution < 1.29 is 19.0 Å². The minimum Gasteiger partial charge on any atom is -0.454 e. The Kier molecular flexibility index (Phi) is 3.93. The fourth-order valence-corrected chi connectivity index (χ4v) is 3.04. The molecular weight excluding hydrogens is 445 g/mol. The highest BCUT2D eigenvalue weighted by Crippen LogP contribution is 2.33. The van der Waals surface area contributed by atoms with Gasteiger partial charge in [-0.3, -0.25) is 0 Å². The van der Waals surface area contributed by atoms with E-state index in [1.54, 1.807) is 24.3 Å². The SMILES string of the molecule is O=C1OC(c2cc(I)ccc2Cl)=NC1=Cc1ccc2c(c1)OCO2. The molecule has 2 aliphatic rings. The number of rotatable bonds is 2. The third-order valence-corrected chi connectivity index (χ3v) is 4.48. The molecule has 0 spiro atoms. The molecule has 0 radical (unpaired) electrons. The van der Waals surface area contributed by atoms with Crippen molar-refractivity contribution in [3.63, 3.8) is 0 Å². The van der Waals surface area contributed by atoms with Crippen molar-refractivity contribution in [3.8, 4) is 11.5 Å². The van der Waals surface area contributed by atoms with E-state index in [9.17, 15) is 4.79 Å². The van der Waals surface area contributed by atoms with Crippen molar-refractivity contribution in [3.05, 3.63) is 61.8 Å². The maximum absolute atomic E-state index is 12.1. The van der Waals surface area contributed by atoms with Gasteiger partial charge < -0.3 is 14.2 Å². The molecule has 0 unspecified atom stereocenters. The van der Waals surface area contributed by atoms with Crippen LogP contribution >= 0.6 is 34.2 Å². The molecule has 0 atom stereocenters. The van der Waals surface area contributed by atoms with Gasteiger partial charge in [0.05, 0.1) is 10.6 Å².